The Hall–Kier alpha value is -2.10. The van der Waals surface area contributed by atoms with Crippen LogP contribution >= 0.6 is 0 Å². The van der Waals surface area contributed by atoms with Crippen molar-refractivity contribution in [2.24, 2.45) is 5.73 Å². The number of ether oxygens (including phenoxy) is 2. The molecule has 1 heterocycles. The number of carbonyl (C=O) groups excluding carboxylic acids is 1. The number of carbonyl (C=O) groups is 1. The molecule has 0 radical (unpaired) electrons. The van der Waals surface area contributed by atoms with Crippen molar-refractivity contribution < 1.29 is 27.4 Å². The standard InChI is InChI=1S/C11H14F3N3O4/c1-5(4-20-6(2)9(15)18)21-7-3-16-17-10(19)8(7)11(12,13)14/h3,5-6H,4H2,1-2H3,(H2,15,18)(H,17,19)/t5-,6?/m0/s1. The summed E-state index contributed by atoms with van der Waals surface area (Å²) in [5, 5.41) is 4.94. The molecule has 1 unspecified atom stereocenters. The van der Waals surface area contributed by atoms with Crippen LogP contribution in [0.15, 0.2) is 11.0 Å². The molecule has 0 fully saturated rings. The number of halogens is 3. The Morgan fingerprint density at radius 1 is 1.48 bits per heavy atom. The summed E-state index contributed by atoms with van der Waals surface area (Å²) in [4.78, 5) is 22.0. The van der Waals surface area contributed by atoms with E-state index >= 15 is 0 Å². The van der Waals surface area contributed by atoms with Gasteiger partial charge >= 0.3 is 6.18 Å². The molecule has 1 amide bonds. The Kier molecular flexibility index (Phi) is 5.30. The highest BCUT2D eigenvalue weighted by Crippen LogP contribution is 2.33. The van der Waals surface area contributed by atoms with Gasteiger partial charge in [-0.2, -0.15) is 18.3 Å². The molecule has 3 N–H and O–H groups in total. The number of nitrogens with zero attached hydrogens (tertiary/aromatic N) is 1. The lowest BCUT2D eigenvalue weighted by Crippen LogP contribution is -2.32. The largest absolute Gasteiger partial charge is 0.486 e. The molecule has 118 valence electrons. The minimum absolute atomic E-state index is 0.186. The average Bonchev–Trinajstić information content (AvgIpc) is 2.34. The van der Waals surface area contributed by atoms with Crippen LogP contribution in [0.1, 0.15) is 19.4 Å². The summed E-state index contributed by atoms with van der Waals surface area (Å²) in [5.74, 6) is -1.43. The highest BCUT2D eigenvalue weighted by molar-refractivity contribution is 5.78. The number of alkyl halides is 3. The van der Waals surface area contributed by atoms with Gasteiger partial charge in [-0.15, -0.1) is 0 Å². The second-order valence-corrected chi connectivity index (χ2v) is 4.24. The van der Waals surface area contributed by atoms with Crippen molar-refractivity contribution >= 4 is 5.91 Å². The summed E-state index contributed by atoms with van der Waals surface area (Å²) >= 11 is 0. The third kappa shape index (κ3) is 4.74. The number of H-pyrrole nitrogens is 1. The maximum absolute atomic E-state index is 12.8. The van der Waals surface area contributed by atoms with Crippen molar-refractivity contribution in [2.45, 2.75) is 32.2 Å². The lowest BCUT2D eigenvalue weighted by molar-refractivity contribution is -0.140. The molecule has 1 rings (SSSR count). The number of nitrogens with two attached hydrogens (primary N) is 1. The van der Waals surface area contributed by atoms with Gasteiger partial charge in [0.05, 0.1) is 12.8 Å². The fourth-order valence-corrected chi connectivity index (χ4v) is 1.35. The van der Waals surface area contributed by atoms with Crippen molar-refractivity contribution in [3.8, 4) is 5.75 Å². The van der Waals surface area contributed by atoms with Crippen LogP contribution in [0.25, 0.3) is 0 Å². The van der Waals surface area contributed by atoms with Gasteiger partial charge in [0.25, 0.3) is 5.56 Å². The van der Waals surface area contributed by atoms with E-state index in [1.165, 1.54) is 13.8 Å². The van der Waals surface area contributed by atoms with Crippen molar-refractivity contribution in [2.75, 3.05) is 6.61 Å². The van der Waals surface area contributed by atoms with E-state index in [-0.39, 0.29) is 6.61 Å². The lowest BCUT2D eigenvalue weighted by atomic mass is 10.2. The van der Waals surface area contributed by atoms with Crippen LogP contribution in [0.3, 0.4) is 0 Å². The van der Waals surface area contributed by atoms with Gasteiger partial charge in [0, 0.05) is 0 Å². The van der Waals surface area contributed by atoms with Crippen LogP contribution in [0.2, 0.25) is 0 Å². The minimum Gasteiger partial charge on any atom is -0.486 e. The number of hydrogen-bond acceptors (Lipinski definition) is 5. The quantitative estimate of drug-likeness (QED) is 0.793. The summed E-state index contributed by atoms with van der Waals surface area (Å²) < 4.78 is 48.3. The molecular formula is C11H14F3N3O4. The van der Waals surface area contributed by atoms with Gasteiger partial charge in [-0.25, -0.2) is 5.10 Å². The van der Waals surface area contributed by atoms with Crippen molar-refractivity contribution in [3.63, 3.8) is 0 Å². The minimum atomic E-state index is -4.88. The Balaban J connectivity index is 2.82. The maximum atomic E-state index is 12.8. The molecule has 7 nitrogen and oxygen atoms in total. The fraction of sp³-hybridized carbons (Fsp3) is 0.545. The van der Waals surface area contributed by atoms with Crippen molar-refractivity contribution in [3.05, 3.63) is 22.1 Å². The van der Waals surface area contributed by atoms with E-state index in [2.05, 4.69) is 5.10 Å². The van der Waals surface area contributed by atoms with Gasteiger partial charge in [0.2, 0.25) is 5.91 Å². The average molecular weight is 309 g/mol. The normalized spacial score (nSPS) is 14.5. The van der Waals surface area contributed by atoms with Crippen LogP contribution in [-0.2, 0) is 15.7 Å². The monoisotopic (exact) mass is 309 g/mol. The highest BCUT2D eigenvalue weighted by atomic mass is 19.4. The first-order valence-electron chi connectivity index (χ1n) is 5.85. The van der Waals surface area contributed by atoms with E-state index < -0.39 is 41.2 Å². The molecule has 0 aliphatic carbocycles. The third-order valence-corrected chi connectivity index (χ3v) is 2.41. The van der Waals surface area contributed by atoms with Gasteiger partial charge < -0.3 is 15.2 Å². The molecule has 0 aliphatic heterocycles. The van der Waals surface area contributed by atoms with Crippen molar-refractivity contribution in [1.29, 1.82) is 0 Å². The molecule has 0 aliphatic rings. The number of nitrogens with one attached hydrogen (secondary N) is 1. The molecule has 1 aromatic heterocycles. The Bertz CT molecular complexity index is 558. The second-order valence-electron chi connectivity index (χ2n) is 4.24. The first-order chi connectivity index (χ1) is 9.62. The molecule has 0 bridgehead atoms. The van der Waals surface area contributed by atoms with Crippen LogP contribution in [-0.4, -0.2) is 34.9 Å². The smallest absolute Gasteiger partial charge is 0.425 e. The fourth-order valence-electron chi connectivity index (χ4n) is 1.35. The van der Waals surface area contributed by atoms with Gasteiger partial charge in [0.1, 0.15) is 12.2 Å². The number of rotatable bonds is 6. The van der Waals surface area contributed by atoms with E-state index in [0.717, 1.165) is 6.20 Å². The van der Waals surface area contributed by atoms with E-state index in [9.17, 15) is 22.8 Å². The van der Waals surface area contributed by atoms with Crippen LogP contribution in [0.4, 0.5) is 13.2 Å². The van der Waals surface area contributed by atoms with E-state index in [1.54, 1.807) is 5.10 Å². The van der Waals surface area contributed by atoms with Crippen LogP contribution in [0, 0.1) is 0 Å². The topological polar surface area (TPSA) is 107 Å². The Morgan fingerprint density at radius 2 is 2.10 bits per heavy atom. The zero-order chi connectivity index (χ0) is 16.2. The molecule has 1 aromatic rings. The third-order valence-electron chi connectivity index (χ3n) is 2.41. The number of aromatic nitrogens is 2. The summed E-state index contributed by atoms with van der Waals surface area (Å²) in [5.41, 5.74) is 2.08. The zero-order valence-electron chi connectivity index (χ0n) is 11.2. The summed E-state index contributed by atoms with van der Waals surface area (Å²) in [6.45, 7) is 2.62. The van der Waals surface area contributed by atoms with Gasteiger partial charge in [0.15, 0.2) is 11.3 Å². The van der Waals surface area contributed by atoms with Crippen molar-refractivity contribution in [1.82, 2.24) is 10.2 Å². The van der Waals surface area contributed by atoms with Gasteiger partial charge in [-0.1, -0.05) is 0 Å². The lowest BCUT2D eigenvalue weighted by Gasteiger charge is -2.18. The SMILES string of the molecule is CC(OC[C@H](C)Oc1cn[nH]c(=O)c1C(F)(F)F)C(N)=O. The first-order valence-corrected chi connectivity index (χ1v) is 5.85. The first kappa shape index (κ1) is 17.0. The summed E-state index contributed by atoms with van der Waals surface area (Å²) in [7, 11) is 0. The zero-order valence-corrected chi connectivity index (χ0v) is 11.2. The highest BCUT2D eigenvalue weighted by Gasteiger charge is 2.38. The molecular weight excluding hydrogens is 295 g/mol. The molecule has 0 saturated heterocycles. The molecule has 0 spiro atoms. The number of primary amides is 1. The molecule has 10 heteroatoms. The molecule has 0 saturated carbocycles. The van der Waals surface area contributed by atoms with Gasteiger partial charge in [-0.05, 0) is 13.8 Å². The Labute approximate surface area is 117 Å². The van der Waals surface area contributed by atoms with Crippen LogP contribution < -0.4 is 16.0 Å². The summed E-state index contributed by atoms with van der Waals surface area (Å²) in [6.07, 6.45) is -5.89. The molecule has 0 aromatic carbocycles. The Morgan fingerprint density at radius 3 is 2.62 bits per heavy atom. The predicted octanol–water partition coefficient (Wildman–Crippen LogP) is 0.446. The second kappa shape index (κ2) is 6.57. The number of hydrogen-bond donors (Lipinski definition) is 2. The summed E-state index contributed by atoms with van der Waals surface area (Å²) in [6, 6.07) is 0. The van der Waals surface area contributed by atoms with E-state index in [1.807, 2.05) is 0 Å². The van der Waals surface area contributed by atoms with Crippen LogP contribution in [0.5, 0.6) is 5.75 Å². The van der Waals surface area contributed by atoms with Gasteiger partial charge in [-0.3, -0.25) is 9.59 Å². The number of amides is 1. The molecule has 2 atom stereocenters. The molecule has 21 heavy (non-hydrogen) atoms. The maximum Gasteiger partial charge on any atom is 0.425 e. The van der Waals surface area contributed by atoms with E-state index in [0.29, 0.717) is 0 Å². The predicted molar refractivity (Wildman–Crippen MR) is 64.6 cm³/mol. The van der Waals surface area contributed by atoms with E-state index in [4.69, 9.17) is 15.2 Å². The number of aromatic amines is 1.